The normalized spacial score (nSPS) is 16.1. The Morgan fingerprint density at radius 2 is 1.94 bits per heavy atom. The van der Waals surface area contributed by atoms with E-state index >= 15 is 0 Å². The highest BCUT2D eigenvalue weighted by Crippen LogP contribution is 2.30. The van der Waals surface area contributed by atoms with Crippen molar-refractivity contribution in [3.63, 3.8) is 0 Å². The molecule has 1 aliphatic heterocycles. The van der Waals surface area contributed by atoms with E-state index in [4.69, 9.17) is 9.72 Å². The Morgan fingerprint density at radius 1 is 1.09 bits per heavy atom. The van der Waals surface area contributed by atoms with E-state index < -0.39 is 11.9 Å². The maximum atomic E-state index is 14.0. The second kappa shape index (κ2) is 7.94. The van der Waals surface area contributed by atoms with Crippen LogP contribution >= 0.6 is 0 Å². The molecular weight excluding hydrogens is 455 g/mol. The van der Waals surface area contributed by atoms with Crippen molar-refractivity contribution in [1.29, 1.82) is 0 Å². The van der Waals surface area contributed by atoms with Gasteiger partial charge in [-0.2, -0.15) is 5.10 Å². The molecule has 35 heavy (non-hydrogen) atoms. The number of ether oxygens (including phenoxy) is 1. The Morgan fingerprint density at radius 3 is 2.83 bits per heavy atom. The highest BCUT2D eigenvalue weighted by molar-refractivity contribution is 6.00. The molecule has 0 saturated heterocycles. The first-order chi connectivity index (χ1) is 16.9. The average molecular weight is 474 g/mol. The van der Waals surface area contributed by atoms with Gasteiger partial charge in [-0.1, -0.05) is 6.07 Å². The molecule has 1 amide bonds. The Labute approximate surface area is 196 Å². The minimum absolute atomic E-state index is 0.164. The van der Waals surface area contributed by atoms with E-state index in [0.717, 1.165) is 11.8 Å². The number of H-pyrrole nitrogens is 2. The molecule has 0 radical (unpaired) electrons. The van der Waals surface area contributed by atoms with Crippen LogP contribution in [0.1, 0.15) is 22.8 Å². The van der Waals surface area contributed by atoms with E-state index in [9.17, 15) is 14.0 Å². The number of nitrogens with one attached hydrogen (secondary N) is 4. The molecule has 4 N–H and O–H groups in total. The molecule has 0 saturated carbocycles. The Bertz CT molecular complexity index is 1670. The van der Waals surface area contributed by atoms with Crippen molar-refractivity contribution >= 4 is 28.4 Å². The summed E-state index contributed by atoms with van der Waals surface area (Å²) >= 11 is 0. The number of rotatable bonds is 1. The number of carbonyl (C=O) groups excluding carboxylic acids is 1. The molecule has 5 aromatic rings. The maximum Gasteiger partial charge on any atom is 0.323 e. The van der Waals surface area contributed by atoms with Gasteiger partial charge in [0, 0.05) is 23.9 Å². The van der Waals surface area contributed by atoms with Gasteiger partial charge in [0.15, 0.2) is 5.65 Å². The molecule has 2 bridgehead atoms. The number of hydrogen-bond donors (Lipinski definition) is 4. The summed E-state index contributed by atoms with van der Waals surface area (Å²) < 4.78 is 21.4. The second-order valence-corrected chi connectivity index (χ2v) is 8.28. The van der Waals surface area contributed by atoms with E-state index in [1.807, 2.05) is 12.1 Å². The zero-order valence-electron chi connectivity index (χ0n) is 18.4. The Kier molecular flexibility index (Phi) is 4.73. The number of nitrogens with zero attached hydrogens (tertiary/aromatic N) is 4. The largest absolute Gasteiger partial charge is 0.473 e. The molecule has 0 aliphatic carbocycles. The SMILES string of the molecule is C[C@H]1CNC(=O)c2cnn3cc(-c4ccc5[nH]c(=O)[nH]c5c4)c(nc23)NCc2cc(F)cnc2O1. The van der Waals surface area contributed by atoms with Gasteiger partial charge in [-0.05, 0) is 30.7 Å². The highest BCUT2D eigenvalue weighted by Gasteiger charge is 2.21. The standard InChI is InChI=1S/C23H19FN8O3/c1-11-6-26-21(33)15-9-28-32-10-16(12-2-3-17-18(5-12)30-23(34)29-17)19(31-20(15)32)25-7-13-4-14(24)8-27-22(13)35-11/h2-5,8-11H,6-7H2,1H3,(H,25,31)(H,26,33)(H2,29,30,34)/t11-/m0/s1. The Hall–Kier alpha value is -4.74. The lowest BCUT2D eigenvalue weighted by molar-refractivity contribution is 0.0932. The van der Waals surface area contributed by atoms with Gasteiger partial charge in [-0.15, -0.1) is 0 Å². The molecule has 1 aliphatic rings. The van der Waals surface area contributed by atoms with Crippen molar-refractivity contribution in [2.75, 3.05) is 11.9 Å². The molecule has 12 heteroatoms. The zero-order chi connectivity index (χ0) is 24.1. The van der Waals surface area contributed by atoms with Crippen molar-refractivity contribution < 1.29 is 13.9 Å². The topological polar surface area (TPSA) is 142 Å². The summed E-state index contributed by atoms with van der Waals surface area (Å²) in [6, 6.07) is 6.78. The fourth-order valence-corrected chi connectivity index (χ4v) is 4.06. The first kappa shape index (κ1) is 20.8. The molecule has 6 rings (SSSR count). The fourth-order valence-electron chi connectivity index (χ4n) is 4.06. The van der Waals surface area contributed by atoms with Crippen LogP contribution < -0.4 is 21.1 Å². The lowest BCUT2D eigenvalue weighted by Gasteiger charge is -2.17. The first-order valence-corrected chi connectivity index (χ1v) is 10.9. The van der Waals surface area contributed by atoms with Gasteiger partial charge >= 0.3 is 5.69 Å². The zero-order valence-corrected chi connectivity index (χ0v) is 18.4. The number of aromatic amines is 2. The molecule has 5 heterocycles. The van der Waals surface area contributed by atoms with Crippen LogP contribution in [-0.4, -0.2) is 48.1 Å². The maximum absolute atomic E-state index is 14.0. The number of carbonyl (C=O) groups is 1. The van der Waals surface area contributed by atoms with Crippen molar-refractivity contribution in [3.8, 4) is 17.0 Å². The van der Waals surface area contributed by atoms with Crippen LogP contribution in [0, 0.1) is 5.82 Å². The van der Waals surface area contributed by atoms with Gasteiger partial charge in [0.1, 0.15) is 23.3 Å². The quantitative estimate of drug-likeness (QED) is 0.292. The second-order valence-electron chi connectivity index (χ2n) is 8.28. The molecule has 176 valence electrons. The van der Waals surface area contributed by atoms with Crippen molar-refractivity contribution in [1.82, 2.24) is 34.9 Å². The summed E-state index contributed by atoms with van der Waals surface area (Å²) in [5.41, 5.74) is 3.55. The third-order valence-corrected chi connectivity index (χ3v) is 5.77. The summed E-state index contributed by atoms with van der Waals surface area (Å²) in [5.74, 6) is -0.147. The number of anilines is 1. The van der Waals surface area contributed by atoms with Gasteiger partial charge in [0.25, 0.3) is 5.91 Å². The smallest absolute Gasteiger partial charge is 0.323 e. The van der Waals surface area contributed by atoms with E-state index in [1.54, 1.807) is 19.2 Å². The Balaban J connectivity index is 1.52. The summed E-state index contributed by atoms with van der Waals surface area (Å²) in [7, 11) is 0. The van der Waals surface area contributed by atoms with Gasteiger partial charge < -0.3 is 25.3 Å². The van der Waals surface area contributed by atoms with Crippen LogP contribution in [0.2, 0.25) is 0 Å². The number of pyridine rings is 1. The number of imidazole rings is 1. The van der Waals surface area contributed by atoms with E-state index in [2.05, 4.69) is 30.7 Å². The number of amides is 1. The van der Waals surface area contributed by atoms with Crippen molar-refractivity contribution in [3.05, 3.63) is 70.3 Å². The number of aromatic nitrogens is 6. The van der Waals surface area contributed by atoms with Gasteiger partial charge in [-0.25, -0.2) is 23.7 Å². The molecule has 11 nitrogen and oxygen atoms in total. The minimum Gasteiger partial charge on any atom is -0.473 e. The van der Waals surface area contributed by atoms with Gasteiger partial charge in [-0.3, -0.25) is 4.79 Å². The predicted molar refractivity (Wildman–Crippen MR) is 125 cm³/mol. The van der Waals surface area contributed by atoms with Crippen LogP contribution in [0.25, 0.3) is 27.8 Å². The third kappa shape index (κ3) is 3.74. The average Bonchev–Trinajstić information content (AvgIpc) is 3.43. The van der Waals surface area contributed by atoms with Crippen LogP contribution in [0.5, 0.6) is 5.88 Å². The molecule has 0 unspecified atom stereocenters. The van der Waals surface area contributed by atoms with Crippen LogP contribution in [0.4, 0.5) is 10.2 Å². The summed E-state index contributed by atoms with van der Waals surface area (Å²) in [4.78, 5) is 38.8. The number of hydrogen-bond acceptors (Lipinski definition) is 7. The van der Waals surface area contributed by atoms with Gasteiger partial charge in [0.05, 0.1) is 30.0 Å². The summed E-state index contributed by atoms with van der Waals surface area (Å²) in [6.45, 7) is 2.16. The first-order valence-electron chi connectivity index (χ1n) is 10.9. The van der Waals surface area contributed by atoms with Crippen LogP contribution in [0.3, 0.4) is 0 Å². The molecule has 4 aromatic heterocycles. The van der Waals surface area contributed by atoms with Crippen LogP contribution in [-0.2, 0) is 6.54 Å². The van der Waals surface area contributed by atoms with Gasteiger partial charge in [0.2, 0.25) is 5.88 Å². The lowest BCUT2D eigenvalue weighted by Crippen LogP contribution is -2.33. The molecular formula is C23H19FN8O3. The highest BCUT2D eigenvalue weighted by atomic mass is 19.1. The predicted octanol–water partition coefficient (Wildman–Crippen LogP) is 2.22. The van der Waals surface area contributed by atoms with Crippen LogP contribution in [0.15, 0.2) is 47.7 Å². The fraction of sp³-hybridized carbons (Fsp3) is 0.174. The summed E-state index contributed by atoms with van der Waals surface area (Å²) in [6.07, 6.45) is 3.87. The summed E-state index contributed by atoms with van der Waals surface area (Å²) in [5, 5.41) is 10.4. The van der Waals surface area contributed by atoms with E-state index in [1.165, 1.54) is 16.8 Å². The van der Waals surface area contributed by atoms with Crippen molar-refractivity contribution in [2.45, 2.75) is 19.6 Å². The molecule has 1 atom stereocenters. The monoisotopic (exact) mass is 474 g/mol. The number of benzene rings is 1. The molecule has 1 aromatic carbocycles. The minimum atomic E-state index is -0.497. The number of halogens is 1. The molecule has 0 fully saturated rings. The van der Waals surface area contributed by atoms with E-state index in [-0.39, 0.29) is 30.6 Å². The third-order valence-electron chi connectivity index (χ3n) is 5.77. The van der Waals surface area contributed by atoms with E-state index in [0.29, 0.717) is 39.2 Å². The van der Waals surface area contributed by atoms with Crippen molar-refractivity contribution in [2.24, 2.45) is 0 Å². The number of fused-ring (bicyclic) bond motifs is 3. The lowest BCUT2D eigenvalue weighted by atomic mass is 10.1. The molecule has 0 spiro atoms.